The van der Waals surface area contributed by atoms with Crippen LogP contribution in [0.5, 0.6) is 5.75 Å². The standard InChI is InChI=1S/C14H20FNO/c1-10-9-11(15)7-8-13(10)17-14-6-4-2-3-5-12(14)16/h7-9,12,14H,2-6,16H2,1H3. The van der Waals surface area contributed by atoms with Crippen LogP contribution in [-0.4, -0.2) is 12.1 Å². The van der Waals surface area contributed by atoms with Crippen molar-refractivity contribution in [1.29, 1.82) is 0 Å². The fourth-order valence-corrected chi connectivity index (χ4v) is 2.36. The lowest BCUT2D eigenvalue weighted by atomic mass is 10.1. The maximum Gasteiger partial charge on any atom is 0.123 e. The molecule has 1 aromatic rings. The van der Waals surface area contributed by atoms with Crippen molar-refractivity contribution >= 4 is 0 Å². The molecule has 2 rings (SSSR count). The second-order valence-corrected chi connectivity index (χ2v) is 4.87. The van der Waals surface area contributed by atoms with Crippen molar-refractivity contribution in [3.63, 3.8) is 0 Å². The van der Waals surface area contributed by atoms with E-state index in [9.17, 15) is 4.39 Å². The van der Waals surface area contributed by atoms with E-state index >= 15 is 0 Å². The Morgan fingerprint density at radius 1 is 1.24 bits per heavy atom. The molecule has 2 nitrogen and oxygen atoms in total. The molecule has 1 saturated carbocycles. The van der Waals surface area contributed by atoms with Gasteiger partial charge in [0, 0.05) is 6.04 Å². The molecule has 1 aliphatic rings. The van der Waals surface area contributed by atoms with Crippen LogP contribution in [0.15, 0.2) is 18.2 Å². The van der Waals surface area contributed by atoms with Crippen molar-refractivity contribution in [3.8, 4) is 5.75 Å². The molecule has 17 heavy (non-hydrogen) atoms. The summed E-state index contributed by atoms with van der Waals surface area (Å²) in [4.78, 5) is 0. The Balaban J connectivity index is 2.08. The molecular weight excluding hydrogens is 217 g/mol. The number of benzene rings is 1. The van der Waals surface area contributed by atoms with E-state index in [-0.39, 0.29) is 18.0 Å². The molecule has 2 atom stereocenters. The molecule has 0 saturated heterocycles. The van der Waals surface area contributed by atoms with Crippen LogP contribution in [0.3, 0.4) is 0 Å². The molecule has 1 fully saturated rings. The first-order valence-corrected chi connectivity index (χ1v) is 6.35. The molecule has 0 spiro atoms. The largest absolute Gasteiger partial charge is 0.489 e. The van der Waals surface area contributed by atoms with Crippen LogP contribution in [0.4, 0.5) is 4.39 Å². The lowest BCUT2D eigenvalue weighted by Gasteiger charge is -2.23. The molecule has 3 heteroatoms. The second kappa shape index (κ2) is 5.50. The normalized spacial score (nSPS) is 25.4. The van der Waals surface area contributed by atoms with Crippen molar-refractivity contribution in [3.05, 3.63) is 29.6 Å². The summed E-state index contributed by atoms with van der Waals surface area (Å²) < 4.78 is 18.9. The lowest BCUT2D eigenvalue weighted by molar-refractivity contribution is 0.161. The number of aryl methyl sites for hydroxylation is 1. The summed E-state index contributed by atoms with van der Waals surface area (Å²) in [5.74, 6) is 0.536. The van der Waals surface area contributed by atoms with Crippen molar-refractivity contribution in [2.24, 2.45) is 5.73 Å². The molecule has 94 valence electrons. The second-order valence-electron chi connectivity index (χ2n) is 4.87. The number of hydrogen-bond donors (Lipinski definition) is 1. The fourth-order valence-electron chi connectivity index (χ4n) is 2.36. The van der Waals surface area contributed by atoms with Gasteiger partial charge in [0.1, 0.15) is 17.7 Å². The summed E-state index contributed by atoms with van der Waals surface area (Å²) in [7, 11) is 0. The van der Waals surface area contributed by atoms with Gasteiger partial charge in [-0.1, -0.05) is 12.8 Å². The minimum atomic E-state index is -0.222. The fraction of sp³-hybridized carbons (Fsp3) is 0.571. The SMILES string of the molecule is Cc1cc(F)ccc1OC1CCCCCC1N. The molecule has 2 N–H and O–H groups in total. The van der Waals surface area contributed by atoms with E-state index in [1.54, 1.807) is 6.07 Å². The van der Waals surface area contributed by atoms with Gasteiger partial charge < -0.3 is 10.5 Å². The number of nitrogens with two attached hydrogens (primary N) is 1. The zero-order valence-corrected chi connectivity index (χ0v) is 10.3. The van der Waals surface area contributed by atoms with E-state index in [1.807, 2.05) is 6.92 Å². The molecule has 0 aromatic heterocycles. The van der Waals surface area contributed by atoms with Gasteiger partial charge in [-0.05, 0) is 49.9 Å². The van der Waals surface area contributed by atoms with E-state index in [0.29, 0.717) is 0 Å². The Morgan fingerprint density at radius 3 is 2.76 bits per heavy atom. The maximum atomic E-state index is 13.0. The van der Waals surface area contributed by atoms with Gasteiger partial charge >= 0.3 is 0 Å². The molecule has 0 aliphatic heterocycles. The predicted molar refractivity (Wildman–Crippen MR) is 66.6 cm³/mol. The summed E-state index contributed by atoms with van der Waals surface area (Å²) in [5.41, 5.74) is 6.94. The highest BCUT2D eigenvalue weighted by molar-refractivity contribution is 5.32. The maximum absolute atomic E-state index is 13.0. The van der Waals surface area contributed by atoms with E-state index < -0.39 is 0 Å². The van der Waals surface area contributed by atoms with Crippen molar-refractivity contribution in [1.82, 2.24) is 0 Å². The average Bonchev–Trinajstić information content (AvgIpc) is 2.48. The predicted octanol–water partition coefficient (Wildman–Crippen LogP) is 3.17. The van der Waals surface area contributed by atoms with E-state index in [0.717, 1.165) is 24.2 Å². The minimum Gasteiger partial charge on any atom is -0.489 e. The van der Waals surface area contributed by atoms with Gasteiger partial charge in [0.05, 0.1) is 0 Å². The van der Waals surface area contributed by atoms with Gasteiger partial charge in [0.25, 0.3) is 0 Å². The van der Waals surface area contributed by atoms with Gasteiger partial charge in [-0.2, -0.15) is 0 Å². The zero-order valence-electron chi connectivity index (χ0n) is 10.3. The van der Waals surface area contributed by atoms with Crippen LogP contribution in [0, 0.1) is 12.7 Å². The van der Waals surface area contributed by atoms with Crippen LogP contribution in [-0.2, 0) is 0 Å². The summed E-state index contributed by atoms with van der Waals surface area (Å²) in [5, 5.41) is 0. The number of hydrogen-bond acceptors (Lipinski definition) is 2. The van der Waals surface area contributed by atoms with Crippen LogP contribution in [0.2, 0.25) is 0 Å². The smallest absolute Gasteiger partial charge is 0.123 e. The molecule has 1 aliphatic carbocycles. The number of rotatable bonds is 2. The molecule has 0 amide bonds. The Bertz CT molecular complexity index is 380. The first kappa shape index (κ1) is 12.4. The Morgan fingerprint density at radius 2 is 2.00 bits per heavy atom. The van der Waals surface area contributed by atoms with Gasteiger partial charge in [0.15, 0.2) is 0 Å². The van der Waals surface area contributed by atoms with Gasteiger partial charge in [-0.25, -0.2) is 4.39 Å². The summed E-state index contributed by atoms with van der Waals surface area (Å²) in [6.07, 6.45) is 5.67. The highest BCUT2D eigenvalue weighted by Crippen LogP contribution is 2.25. The van der Waals surface area contributed by atoms with Crippen molar-refractivity contribution in [2.45, 2.75) is 51.2 Å². The lowest BCUT2D eigenvalue weighted by Crippen LogP contribution is -2.38. The minimum absolute atomic E-state index is 0.0710. The van der Waals surface area contributed by atoms with E-state index in [4.69, 9.17) is 10.5 Å². The summed E-state index contributed by atoms with van der Waals surface area (Å²) >= 11 is 0. The van der Waals surface area contributed by atoms with Crippen LogP contribution >= 0.6 is 0 Å². The third-order valence-corrected chi connectivity index (χ3v) is 3.42. The highest BCUT2D eigenvalue weighted by Gasteiger charge is 2.22. The first-order valence-electron chi connectivity index (χ1n) is 6.35. The zero-order chi connectivity index (χ0) is 12.3. The van der Waals surface area contributed by atoms with Crippen LogP contribution in [0.25, 0.3) is 0 Å². The third-order valence-electron chi connectivity index (χ3n) is 3.42. The molecule has 1 aromatic carbocycles. The molecule has 0 radical (unpaired) electrons. The van der Waals surface area contributed by atoms with Crippen LogP contribution in [0.1, 0.15) is 37.7 Å². The highest BCUT2D eigenvalue weighted by atomic mass is 19.1. The monoisotopic (exact) mass is 237 g/mol. The average molecular weight is 237 g/mol. The van der Waals surface area contributed by atoms with Crippen molar-refractivity contribution < 1.29 is 9.13 Å². The Labute approximate surface area is 102 Å². The Hall–Kier alpha value is -1.09. The van der Waals surface area contributed by atoms with Crippen molar-refractivity contribution in [2.75, 3.05) is 0 Å². The molecule has 2 unspecified atom stereocenters. The summed E-state index contributed by atoms with van der Waals surface area (Å²) in [6.45, 7) is 1.86. The quantitative estimate of drug-likeness (QED) is 0.802. The first-order chi connectivity index (χ1) is 8.16. The third kappa shape index (κ3) is 3.19. The topological polar surface area (TPSA) is 35.2 Å². The van der Waals surface area contributed by atoms with Gasteiger partial charge in [-0.3, -0.25) is 0 Å². The number of halogens is 1. The molecular formula is C14H20FNO. The van der Waals surface area contributed by atoms with E-state index in [1.165, 1.54) is 31.4 Å². The van der Waals surface area contributed by atoms with E-state index in [2.05, 4.69) is 0 Å². The van der Waals surface area contributed by atoms with Crippen LogP contribution < -0.4 is 10.5 Å². The molecule has 0 heterocycles. The molecule has 0 bridgehead atoms. The Kier molecular flexibility index (Phi) is 4.00. The summed E-state index contributed by atoms with van der Waals surface area (Å²) in [6, 6.07) is 4.73. The van der Waals surface area contributed by atoms with Gasteiger partial charge in [-0.15, -0.1) is 0 Å². The number of ether oxygens (including phenoxy) is 1. The van der Waals surface area contributed by atoms with Gasteiger partial charge in [0.2, 0.25) is 0 Å².